The van der Waals surface area contributed by atoms with E-state index in [9.17, 15) is 4.79 Å². The summed E-state index contributed by atoms with van der Waals surface area (Å²) in [5.41, 5.74) is 1.78. The molecule has 0 fully saturated rings. The van der Waals surface area contributed by atoms with Gasteiger partial charge in [0.15, 0.2) is 0 Å². The number of carbonyl (C=O) groups excluding carboxylic acids is 1. The van der Waals surface area contributed by atoms with E-state index in [0.717, 1.165) is 5.56 Å². The van der Waals surface area contributed by atoms with Crippen LogP contribution in [0.1, 0.15) is 16.1 Å². The van der Waals surface area contributed by atoms with Crippen LogP contribution in [0.4, 0.5) is 5.69 Å². The van der Waals surface area contributed by atoms with Gasteiger partial charge in [0.1, 0.15) is 0 Å². The van der Waals surface area contributed by atoms with E-state index in [1.807, 2.05) is 25.1 Å². The summed E-state index contributed by atoms with van der Waals surface area (Å²) in [6, 6.07) is 8.92. The van der Waals surface area contributed by atoms with Crippen molar-refractivity contribution in [3.05, 3.63) is 41.7 Å². The van der Waals surface area contributed by atoms with Gasteiger partial charge in [-0.2, -0.15) is 0 Å². The largest absolute Gasteiger partial charge is 0.479 e. The topological polar surface area (TPSA) is 64.4 Å². The van der Waals surface area contributed by atoms with Crippen LogP contribution in [0.3, 0.4) is 0 Å². The quantitative estimate of drug-likeness (QED) is 0.881. The summed E-state index contributed by atoms with van der Waals surface area (Å²) in [5, 5.41) is 6.27. The van der Waals surface area contributed by atoms with Crippen LogP contribution >= 0.6 is 0 Å². The van der Waals surface area contributed by atoms with Crippen molar-refractivity contribution in [1.29, 1.82) is 0 Å². The van der Waals surface area contributed by atoms with Crippen molar-refractivity contribution in [3.63, 3.8) is 0 Å². The summed E-state index contributed by atoms with van der Waals surface area (Å²) < 4.78 is 9.66. The number of amides is 1. The number of nitrogens with zero attached hydrogens (tertiary/aromatic N) is 1. The maximum atomic E-state index is 11.8. The van der Waals surface area contributed by atoms with Gasteiger partial charge in [0.2, 0.25) is 5.76 Å². The Labute approximate surface area is 98.4 Å². The number of ether oxygens (including phenoxy) is 1. The first-order valence-corrected chi connectivity index (χ1v) is 5.08. The molecule has 0 saturated heterocycles. The maximum absolute atomic E-state index is 11.8. The number of nitrogens with one attached hydrogen (secondary N) is 1. The van der Waals surface area contributed by atoms with Crippen molar-refractivity contribution in [2.45, 2.75) is 6.92 Å². The lowest BCUT2D eigenvalue weighted by Crippen LogP contribution is -2.10. The summed E-state index contributed by atoms with van der Waals surface area (Å²) in [4.78, 5) is 11.8. The number of benzene rings is 1. The molecular weight excluding hydrogens is 220 g/mol. The fourth-order valence-corrected chi connectivity index (χ4v) is 1.38. The van der Waals surface area contributed by atoms with Crippen molar-refractivity contribution in [1.82, 2.24) is 5.16 Å². The molecular formula is C12H12N2O3. The molecule has 0 spiro atoms. The number of anilines is 1. The predicted octanol–water partition coefficient (Wildman–Crippen LogP) is 2.24. The molecule has 5 heteroatoms. The van der Waals surface area contributed by atoms with Gasteiger partial charge in [-0.1, -0.05) is 12.1 Å². The van der Waals surface area contributed by atoms with Crippen LogP contribution in [0.2, 0.25) is 0 Å². The number of aromatic nitrogens is 1. The molecule has 5 nitrogen and oxygen atoms in total. The van der Waals surface area contributed by atoms with Crippen LogP contribution in [0, 0.1) is 6.92 Å². The van der Waals surface area contributed by atoms with Crippen LogP contribution < -0.4 is 10.1 Å². The third-order valence-electron chi connectivity index (χ3n) is 2.20. The normalized spacial score (nSPS) is 10.0. The Bertz CT molecular complexity index is 534. The summed E-state index contributed by atoms with van der Waals surface area (Å²) in [6.07, 6.45) is 0. The van der Waals surface area contributed by atoms with Crippen LogP contribution in [0.5, 0.6) is 5.88 Å². The van der Waals surface area contributed by atoms with Crippen LogP contribution in [0.25, 0.3) is 0 Å². The molecule has 1 heterocycles. The first-order chi connectivity index (χ1) is 8.19. The third-order valence-corrected chi connectivity index (χ3v) is 2.20. The van der Waals surface area contributed by atoms with Crippen molar-refractivity contribution in [3.8, 4) is 5.88 Å². The molecule has 0 atom stereocenters. The molecule has 1 N–H and O–H groups in total. The average Bonchev–Trinajstić information content (AvgIpc) is 2.77. The second-order valence-electron chi connectivity index (χ2n) is 3.56. The van der Waals surface area contributed by atoms with Gasteiger partial charge in [-0.15, -0.1) is 0 Å². The van der Waals surface area contributed by atoms with Gasteiger partial charge < -0.3 is 14.6 Å². The van der Waals surface area contributed by atoms with Gasteiger partial charge in [0.25, 0.3) is 11.8 Å². The minimum Gasteiger partial charge on any atom is -0.479 e. The monoisotopic (exact) mass is 232 g/mol. The number of hydrogen-bond acceptors (Lipinski definition) is 4. The second kappa shape index (κ2) is 4.69. The Balaban J connectivity index is 2.11. The third kappa shape index (κ3) is 2.63. The van der Waals surface area contributed by atoms with E-state index in [0.29, 0.717) is 5.69 Å². The summed E-state index contributed by atoms with van der Waals surface area (Å²) in [6.45, 7) is 1.95. The lowest BCUT2D eigenvalue weighted by molar-refractivity contribution is 0.0987. The van der Waals surface area contributed by atoms with E-state index in [-0.39, 0.29) is 17.5 Å². The molecule has 88 valence electrons. The van der Waals surface area contributed by atoms with E-state index in [1.54, 1.807) is 6.07 Å². The zero-order valence-electron chi connectivity index (χ0n) is 9.56. The van der Waals surface area contributed by atoms with Crippen molar-refractivity contribution in [2.24, 2.45) is 0 Å². The zero-order chi connectivity index (χ0) is 12.3. The summed E-state index contributed by atoms with van der Waals surface area (Å²) in [5.74, 6) is 0.0362. The van der Waals surface area contributed by atoms with Crippen LogP contribution in [-0.4, -0.2) is 18.2 Å². The minimum absolute atomic E-state index is 0.114. The zero-order valence-corrected chi connectivity index (χ0v) is 9.56. The molecule has 1 aromatic carbocycles. The number of hydrogen-bond donors (Lipinski definition) is 1. The van der Waals surface area contributed by atoms with Gasteiger partial charge in [-0.25, -0.2) is 0 Å². The SMILES string of the molecule is COc1cc(C(=O)Nc2cccc(C)c2)on1. The highest BCUT2D eigenvalue weighted by Crippen LogP contribution is 2.14. The summed E-state index contributed by atoms with van der Waals surface area (Å²) in [7, 11) is 1.46. The fraction of sp³-hybridized carbons (Fsp3) is 0.167. The molecule has 0 aliphatic heterocycles. The van der Waals surface area contributed by atoms with Gasteiger partial charge in [0.05, 0.1) is 13.2 Å². The Morgan fingerprint density at radius 2 is 2.24 bits per heavy atom. The highest BCUT2D eigenvalue weighted by molar-refractivity contribution is 6.02. The van der Waals surface area contributed by atoms with E-state index in [4.69, 9.17) is 9.26 Å². The molecule has 2 aromatic rings. The number of carbonyl (C=O) groups is 1. The lowest BCUT2D eigenvalue weighted by atomic mass is 10.2. The molecule has 1 aromatic heterocycles. The van der Waals surface area contributed by atoms with Crippen molar-refractivity contribution < 1.29 is 14.1 Å². The predicted molar refractivity (Wildman–Crippen MR) is 62.2 cm³/mol. The molecule has 2 rings (SSSR count). The van der Waals surface area contributed by atoms with Gasteiger partial charge in [0, 0.05) is 5.69 Å². The molecule has 0 radical (unpaired) electrons. The maximum Gasteiger partial charge on any atom is 0.294 e. The van der Waals surface area contributed by atoms with Crippen molar-refractivity contribution >= 4 is 11.6 Å². The first-order valence-electron chi connectivity index (χ1n) is 5.08. The Morgan fingerprint density at radius 3 is 2.88 bits per heavy atom. The molecule has 0 bridgehead atoms. The highest BCUT2D eigenvalue weighted by atomic mass is 16.5. The van der Waals surface area contributed by atoms with Gasteiger partial charge in [-0.3, -0.25) is 4.79 Å². The minimum atomic E-state index is -0.355. The Morgan fingerprint density at radius 1 is 1.41 bits per heavy atom. The second-order valence-corrected chi connectivity index (χ2v) is 3.56. The van der Waals surface area contributed by atoms with Crippen molar-refractivity contribution in [2.75, 3.05) is 12.4 Å². The molecule has 0 unspecified atom stereocenters. The highest BCUT2D eigenvalue weighted by Gasteiger charge is 2.13. The van der Waals surface area contributed by atoms with Crippen LogP contribution in [0.15, 0.2) is 34.9 Å². The van der Waals surface area contributed by atoms with E-state index in [2.05, 4.69) is 10.5 Å². The Hall–Kier alpha value is -2.30. The van der Waals surface area contributed by atoms with Gasteiger partial charge in [-0.05, 0) is 29.8 Å². The van der Waals surface area contributed by atoms with E-state index >= 15 is 0 Å². The molecule has 0 aliphatic carbocycles. The fourth-order valence-electron chi connectivity index (χ4n) is 1.38. The number of aryl methyl sites for hydroxylation is 1. The molecule has 0 saturated carbocycles. The first kappa shape index (κ1) is 11.2. The number of rotatable bonds is 3. The van der Waals surface area contributed by atoms with Gasteiger partial charge >= 0.3 is 0 Å². The summed E-state index contributed by atoms with van der Waals surface area (Å²) >= 11 is 0. The molecule has 0 aliphatic rings. The Kier molecular flexibility index (Phi) is 3.09. The van der Waals surface area contributed by atoms with Crippen LogP contribution in [-0.2, 0) is 0 Å². The van der Waals surface area contributed by atoms with E-state index < -0.39 is 0 Å². The molecule has 17 heavy (non-hydrogen) atoms. The van der Waals surface area contributed by atoms with E-state index in [1.165, 1.54) is 13.2 Å². The molecule has 1 amide bonds. The lowest BCUT2D eigenvalue weighted by Gasteiger charge is -2.02. The smallest absolute Gasteiger partial charge is 0.294 e. The average molecular weight is 232 g/mol. The number of methoxy groups -OCH3 is 1. The standard InChI is InChI=1S/C12H12N2O3/c1-8-4-3-5-9(6-8)13-12(15)10-7-11(16-2)14-17-10/h3-7H,1-2H3,(H,13,15).